The zero-order valence-electron chi connectivity index (χ0n) is 28.6. The number of carbonyl (C=O) groups is 2. The third kappa shape index (κ3) is 9.05. The number of carboxylic acids is 1. The summed E-state index contributed by atoms with van der Waals surface area (Å²) in [5, 5.41) is 12.0. The Morgan fingerprint density at radius 1 is 0.816 bits per heavy atom. The SMILES string of the molecule is COc1nc(OCc2cccc(-c3cccc(COc4ccc(CN5CCCC5=O)c(OC)n4)c3C)c2C)ccc1CNCCCC(=O)O. The monoisotopic (exact) mass is 668 g/mol. The minimum absolute atomic E-state index is 0.128. The Hall–Kier alpha value is -5.16. The highest BCUT2D eigenvalue weighted by atomic mass is 16.5. The molecule has 49 heavy (non-hydrogen) atoms. The number of hydrogen-bond donors (Lipinski definition) is 2. The van der Waals surface area contributed by atoms with Crippen molar-refractivity contribution >= 4 is 11.9 Å². The van der Waals surface area contributed by atoms with E-state index < -0.39 is 5.97 Å². The van der Waals surface area contributed by atoms with E-state index in [2.05, 4.69) is 53.4 Å². The van der Waals surface area contributed by atoms with E-state index in [1.807, 2.05) is 41.3 Å². The van der Waals surface area contributed by atoms with Crippen LogP contribution in [0.2, 0.25) is 0 Å². The van der Waals surface area contributed by atoms with E-state index in [0.717, 1.165) is 57.5 Å². The van der Waals surface area contributed by atoms with Crippen LogP contribution >= 0.6 is 0 Å². The first-order chi connectivity index (χ1) is 23.8. The molecule has 0 bridgehead atoms. The van der Waals surface area contributed by atoms with Gasteiger partial charge in [-0.3, -0.25) is 9.59 Å². The van der Waals surface area contributed by atoms with Crippen LogP contribution in [0.5, 0.6) is 23.5 Å². The molecule has 1 saturated heterocycles. The molecule has 11 nitrogen and oxygen atoms in total. The van der Waals surface area contributed by atoms with E-state index >= 15 is 0 Å². The van der Waals surface area contributed by atoms with E-state index in [0.29, 0.717) is 69.2 Å². The molecule has 1 aliphatic heterocycles. The Morgan fingerprint density at radius 3 is 1.92 bits per heavy atom. The maximum Gasteiger partial charge on any atom is 0.303 e. The number of methoxy groups -OCH3 is 2. The Labute approximate surface area is 287 Å². The van der Waals surface area contributed by atoms with Gasteiger partial charge in [0, 0.05) is 49.2 Å². The lowest BCUT2D eigenvalue weighted by Crippen LogP contribution is -2.24. The topological polar surface area (TPSA) is 132 Å². The minimum Gasteiger partial charge on any atom is -0.481 e. The summed E-state index contributed by atoms with van der Waals surface area (Å²) in [7, 11) is 3.15. The standard InChI is InChI=1S/C38H44N4O7/c1-25-29(23-48-33-17-15-27(37(40-33)46-3)21-39-19-7-14-36(44)45)9-5-11-31(25)32-12-6-10-30(26(32)2)24-49-34-18-16-28(38(41-34)47-4)22-42-20-8-13-35(42)43/h5-6,9-12,15-18,39H,7-8,13-14,19-24H2,1-4H3,(H,44,45). The fourth-order valence-electron chi connectivity index (χ4n) is 5.90. The number of pyridine rings is 2. The number of hydrogen-bond acceptors (Lipinski definition) is 9. The highest BCUT2D eigenvalue weighted by Gasteiger charge is 2.22. The average molecular weight is 669 g/mol. The Balaban J connectivity index is 1.23. The molecule has 0 saturated carbocycles. The molecule has 0 aliphatic carbocycles. The summed E-state index contributed by atoms with van der Waals surface area (Å²) < 4.78 is 23.3. The number of amides is 1. The quantitative estimate of drug-likeness (QED) is 0.129. The number of rotatable bonds is 17. The van der Waals surface area contributed by atoms with Gasteiger partial charge in [0.15, 0.2) is 0 Å². The number of carbonyl (C=O) groups excluding carboxylic acids is 1. The molecule has 0 unspecified atom stereocenters. The molecular formula is C38H44N4O7. The molecule has 1 amide bonds. The van der Waals surface area contributed by atoms with Crippen LogP contribution in [0.4, 0.5) is 0 Å². The minimum atomic E-state index is -0.802. The van der Waals surface area contributed by atoms with Gasteiger partial charge in [-0.05, 0) is 78.7 Å². The van der Waals surface area contributed by atoms with Crippen LogP contribution in [0.3, 0.4) is 0 Å². The first kappa shape index (κ1) is 35.2. The van der Waals surface area contributed by atoms with Crippen LogP contribution in [0.15, 0.2) is 60.7 Å². The van der Waals surface area contributed by atoms with Crippen LogP contribution in [-0.4, -0.2) is 59.2 Å². The van der Waals surface area contributed by atoms with Crippen molar-refractivity contribution in [2.24, 2.45) is 0 Å². The van der Waals surface area contributed by atoms with Crippen molar-refractivity contribution in [2.45, 2.75) is 65.8 Å². The number of ether oxygens (including phenoxy) is 4. The number of aromatic nitrogens is 2. The highest BCUT2D eigenvalue weighted by Crippen LogP contribution is 2.32. The second-order valence-corrected chi connectivity index (χ2v) is 12.0. The van der Waals surface area contributed by atoms with Crippen LogP contribution < -0.4 is 24.3 Å². The van der Waals surface area contributed by atoms with E-state index in [4.69, 9.17) is 24.1 Å². The summed E-state index contributed by atoms with van der Waals surface area (Å²) in [4.78, 5) is 33.8. The molecular weight excluding hydrogens is 624 g/mol. The molecule has 2 aromatic heterocycles. The van der Waals surface area contributed by atoms with Gasteiger partial charge >= 0.3 is 5.97 Å². The van der Waals surface area contributed by atoms with E-state index in [9.17, 15) is 9.59 Å². The molecule has 1 aliphatic rings. The van der Waals surface area contributed by atoms with Crippen molar-refractivity contribution in [1.29, 1.82) is 0 Å². The van der Waals surface area contributed by atoms with Crippen LogP contribution in [0.25, 0.3) is 11.1 Å². The Bertz CT molecular complexity index is 1780. The number of nitrogens with one attached hydrogen (secondary N) is 1. The third-order valence-electron chi connectivity index (χ3n) is 8.74. The molecule has 5 rings (SSSR count). The largest absolute Gasteiger partial charge is 0.481 e. The number of benzene rings is 2. The van der Waals surface area contributed by atoms with Gasteiger partial charge in [-0.2, -0.15) is 9.97 Å². The van der Waals surface area contributed by atoms with Gasteiger partial charge in [0.1, 0.15) is 13.2 Å². The zero-order chi connectivity index (χ0) is 34.8. The highest BCUT2D eigenvalue weighted by molar-refractivity contribution is 5.78. The van der Waals surface area contributed by atoms with Gasteiger partial charge in [-0.25, -0.2) is 0 Å². The summed E-state index contributed by atoms with van der Waals surface area (Å²) in [5.41, 5.74) is 8.23. The van der Waals surface area contributed by atoms with Gasteiger partial charge in [0.05, 0.1) is 20.8 Å². The Kier molecular flexibility index (Phi) is 12.0. The molecule has 3 heterocycles. The number of carboxylic acid groups (broad SMARTS) is 1. The summed E-state index contributed by atoms with van der Waals surface area (Å²) in [6.45, 7) is 7.19. The Morgan fingerprint density at radius 2 is 1.39 bits per heavy atom. The molecule has 0 atom stereocenters. The molecule has 4 aromatic rings. The first-order valence-corrected chi connectivity index (χ1v) is 16.5. The maximum atomic E-state index is 12.1. The fourth-order valence-corrected chi connectivity index (χ4v) is 5.90. The lowest BCUT2D eigenvalue weighted by Gasteiger charge is -2.18. The summed E-state index contributed by atoms with van der Waals surface area (Å²) in [5.74, 6) is 1.19. The molecule has 258 valence electrons. The van der Waals surface area contributed by atoms with Crippen LogP contribution in [0.1, 0.15) is 59.1 Å². The van der Waals surface area contributed by atoms with Gasteiger partial charge < -0.3 is 34.3 Å². The van der Waals surface area contributed by atoms with E-state index in [1.54, 1.807) is 14.2 Å². The maximum absolute atomic E-state index is 12.1. The van der Waals surface area contributed by atoms with E-state index in [-0.39, 0.29) is 12.3 Å². The second kappa shape index (κ2) is 16.8. The molecule has 1 fully saturated rings. The van der Waals surface area contributed by atoms with Crippen molar-refractivity contribution in [3.8, 4) is 34.6 Å². The molecule has 0 spiro atoms. The summed E-state index contributed by atoms with van der Waals surface area (Å²) >= 11 is 0. The number of likely N-dealkylation sites (tertiary alicyclic amines) is 1. The zero-order valence-corrected chi connectivity index (χ0v) is 28.6. The third-order valence-corrected chi connectivity index (χ3v) is 8.74. The molecule has 0 radical (unpaired) electrons. The van der Waals surface area contributed by atoms with Crippen molar-refractivity contribution in [2.75, 3.05) is 27.3 Å². The van der Waals surface area contributed by atoms with Gasteiger partial charge in [0.2, 0.25) is 29.4 Å². The van der Waals surface area contributed by atoms with Crippen LogP contribution in [0, 0.1) is 13.8 Å². The first-order valence-electron chi connectivity index (χ1n) is 16.5. The number of aliphatic carboxylic acids is 1. The lowest BCUT2D eigenvalue weighted by atomic mass is 9.92. The van der Waals surface area contributed by atoms with Crippen molar-refractivity contribution in [3.05, 3.63) is 94.0 Å². The predicted molar refractivity (Wildman–Crippen MR) is 185 cm³/mol. The molecule has 2 aromatic carbocycles. The average Bonchev–Trinajstić information content (AvgIpc) is 3.51. The van der Waals surface area contributed by atoms with Crippen molar-refractivity contribution in [3.63, 3.8) is 0 Å². The summed E-state index contributed by atoms with van der Waals surface area (Å²) in [6, 6.07) is 19.9. The molecule has 2 N–H and O–H groups in total. The second-order valence-electron chi connectivity index (χ2n) is 12.0. The smallest absolute Gasteiger partial charge is 0.303 e. The van der Waals surface area contributed by atoms with Crippen LogP contribution in [-0.2, 0) is 35.9 Å². The van der Waals surface area contributed by atoms with Gasteiger partial charge in [-0.15, -0.1) is 0 Å². The normalized spacial score (nSPS) is 12.7. The predicted octanol–water partition coefficient (Wildman–Crippen LogP) is 6.01. The lowest BCUT2D eigenvalue weighted by molar-refractivity contribution is -0.137. The number of nitrogens with zero attached hydrogens (tertiary/aromatic N) is 3. The van der Waals surface area contributed by atoms with Gasteiger partial charge in [0.25, 0.3) is 0 Å². The van der Waals surface area contributed by atoms with Crippen molar-refractivity contribution in [1.82, 2.24) is 20.2 Å². The van der Waals surface area contributed by atoms with Crippen molar-refractivity contribution < 1.29 is 33.6 Å². The fraction of sp³-hybridized carbons (Fsp3) is 0.368. The molecule has 11 heteroatoms. The van der Waals surface area contributed by atoms with E-state index in [1.165, 1.54) is 0 Å². The van der Waals surface area contributed by atoms with Gasteiger partial charge in [-0.1, -0.05) is 36.4 Å². The summed E-state index contributed by atoms with van der Waals surface area (Å²) in [6.07, 6.45) is 2.15.